The number of furan rings is 2. The van der Waals surface area contributed by atoms with E-state index in [1.165, 1.54) is 6.07 Å². The van der Waals surface area contributed by atoms with Gasteiger partial charge in [0.2, 0.25) is 11.6 Å². The minimum atomic E-state index is -4.66. The van der Waals surface area contributed by atoms with Gasteiger partial charge in [-0.1, -0.05) is 42.1 Å². The maximum absolute atomic E-state index is 12.6. The molecule has 15 heteroatoms. The highest BCUT2D eigenvalue weighted by atomic mass is 19.4. The van der Waals surface area contributed by atoms with E-state index in [-0.39, 0.29) is 28.5 Å². The lowest BCUT2D eigenvalue weighted by molar-refractivity contribution is -0.137. The zero-order chi connectivity index (χ0) is 41.2. The Morgan fingerprint density at radius 3 is 1.71 bits per heavy atom. The van der Waals surface area contributed by atoms with E-state index in [1.54, 1.807) is 18.2 Å². The summed E-state index contributed by atoms with van der Waals surface area (Å²) in [4.78, 5) is 36.7. The number of halogens is 3. The van der Waals surface area contributed by atoms with Gasteiger partial charge < -0.3 is 34.4 Å². The average Bonchev–Trinajstić information content (AvgIpc) is 3.91. The van der Waals surface area contributed by atoms with E-state index in [2.05, 4.69) is 16.7 Å². The van der Waals surface area contributed by atoms with Gasteiger partial charge in [-0.2, -0.15) is 18.2 Å². The lowest BCUT2D eigenvalue weighted by Crippen LogP contribution is -2.12. The van der Waals surface area contributed by atoms with Crippen LogP contribution >= 0.6 is 0 Å². The number of nitrogens with zero attached hydrogens (tertiary/aromatic N) is 2. The molecule has 0 radical (unpaired) electrons. The van der Waals surface area contributed by atoms with Crippen molar-refractivity contribution in [3.05, 3.63) is 135 Å². The number of carboxylic acid groups (broad SMARTS) is 3. The van der Waals surface area contributed by atoms with Gasteiger partial charge >= 0.3 is 24.1 Å². The van der Waals surface area contributed by atoms with Crippen molar-refractivity contribution in [3.8, 4) is 23.0 Å². The standard InChI is InChI=1S/C20H16N2O4.C11H10O3.C10H8F3NO2/c1-10-4-5-11(2)17-15(10)9-16(25-17)19-21-18(22-26-19)14-7-6-13(20(23)24)8-12(14)3;1-6-3-4-7(2)10-8(6)5-9(14-10)11(12)13;1-5(14)7-3-2-6(9(15)16)4-8(7)10(11,12)13/h4-9H,1-3H3,(H,23,24);3-5H,1-2H3,(H,12,13);2-4H,1,14H2,(H,15,16). The molecule has 0 aliphatic rings. The number of carbonyl (C=O) groups is 3. The van der Waals surface area contributed by atoms with E-state index in [4.69, 9.17) is 34.4 Å². The van der Waals surface area contributed by atoms with Crippen molar-refractivity contribution in [1.29, 1.82) is 0 Å². The number of carboxylic acids is 3. The number of hydrogen-bond donors (Lipinski definition) is 4. The second kappa shape index (κ2) is 15.7. The molecule has 3 aromatic heterocycles. The van der Waals surface area contributed by atoms with Crippen LogP contribution in [0.1, 0.15) is 70.2 Å². The van der Waals surface area contributed by atoms with Gasteiger partial charge in [0.15, 0.2) is 5.76 Å². The van der Waals surface area contributed by atoms with Gasteiger partial charge in [-0.15, -0.1) is 0 Å². The Labute approximate surface area is 316 Å². The van der Waals surface area contributed by atoms with Crippen LogP contribution in [-0.2, 0) is 6.18 Å². The minimum absolute atomic E-state index is 0.00241. The highest BCUT2D eigenvalue weighted by Gasteiger charge is 2.34. The van der Waals surface area contributed by atoms with Crippen molar-refractivity contribution in [1.82, 2.24) is 10.1 Å². The number of aromatic carboxylic acids is 3. The topological polar surface area (TPSA) is 203 Å². The summed E-state index contributed by atoms with van der Waals surface area (Å²) in [5.41, 5.74) is 10.4. The van der Waals surface area contributed by atoms with Crippen LogP contribution in [0.15, 0.2) is 92.7 Å². The van der Waals surface area contributed by atoms with Crippen LogP contribution in [0.25, 0.3) is 50.7 Å². The van der Waals surface area contributed by atoms with Crippen LogP contribution in [0.2, 0.25) is 0 Å². The third-order valence-electron chi connectivity index (χ3n) is 8.68. The van der Waals surface area contributed by atoms with Crippen molar-refractivity contribution < 1.29 is 56.2 Å². The lowest BCUT2D eigenvalue weighted by Gasteiger charge is -2.13. The molecule has 0 aliphatic heterocycles. The van der Waals surface area contributed by atoms with Crippen LogP contribution in [0.3, 0.4) is 0 Å². The van der Waals surface area contributed by atoms with E-state index in [0.717, 1.165) is 56.3 Å². The molecule has 0 amide bonds. The molecule has 0 spiro atoms. The molecular weight excluding hydrogens is 735 g/mol. The molecule has 0 saturated carbocycles. The van der Waals surface area contributed by atoms with Gasteiger partial charge in [-0.3, -0.25) is 0 Å². The molecule has 7 aromatic rings. The number of fused-ring (bicyclic) bond motifs is 2. The summed E-state index contributed by atoms with van der Waals surface area (Å²) >= 11 is 0. The van der Waals surface area contributed by atoms with Gasteiger partial charge in [0.05, 0.1) is 16.7 Å². The molecular formula is C41H34F3N3O9. The van der Waals surface area contributed by atoms with Gasteiger partial charge in [0.1, 0.15) is 11.2 Å². The van der Waals surface area contributed by atoms with E-state index >= 15 is 0 Å². The van der Waals surface area contributed by atoms with Gasteiger partial charge in [0, 0.05) is 27.6 Å². The normalized spacial score (nSPS) is 11.1. The lowest BCUT2D eigenvalue weighted by atomic mass is 10.0. The Kier molecular flexibility index (Phi) is 11.2. The molecule has 0 aliphatic carbocycles. The fourth-order valence-electron chi connectivity index (χ4n) is 5.67. The Morgan fingerprint density at radius 2 is 1.21 bits per heavy atom. The first kappa shape index (κ1) is 40.0. The summed E-state index contributed by atoms with van der Waals surface area (Å²) in [6, 6.07) is 18.8. The van der Waals surface area contributed by atoms with Crippen molar-refractivity contribution in [2.24, 2.45) is 5.73 Å². The molecule has 0 atom stereocenters. The van der Waals surface area contributed by atoms with Gasteiger partial charge in [0.25, 0.3) is 5.89 Å². The zero-order valence-corrected chi connectivity index (χ0v) is 30.5. The van der Waals surface area contributed by atoms with Crippen LogP contribution in [0, 0.1) is 34.6 Å². The molecule has 0 fully saturated rings. The number of benzene rings is 4. The Balaban J connectivity index is 0.000000172. The summed E-state index contributed by atoms with van der Waals surface area (Å²) in [7, 11) is 0. The van der Waals surface area contributed by atoms with Crippen LogP contribution in [0.4, 0.5) is 13.2 Å². The number of hydrogen-bond acceptors (Lipinski definition) is 9. The predicted octanol–water partition coefficient (Wildman–Crippen LogP) is 9.85. The Hall–Kier alpha value is -7.16. The highest BCUT2D eigenvalue weighted by molar-refractivity contribution is 5.94. The molecule has 288 valence electrons. The first-order chi connectivity index (χ1) is 26.3. The molecule has 0 bridgehead atoms. The molecule has 3 heterocycles. The molecule has 0 unspecified atom stereocenters. The average molecular weight is 770 g/mol. The van der Waals surface area contributed by atoms with E-state index < -0.39 is 35.2 Å². The van der Waals surface area contributed by atoms with Gasteiger partial charge in [-0.05, 0) is 105 Å². The van der Waals surface area contributed by atoms with Crippen LogP contribution in [0.5, 0.6) is 0 Å². The smallest absolute Gasteiger partial charge is 0.417 e. The third-order valence-corrected chi connectivity index (χ3v) is 8.68. The quantitative estimate of drug-likeness (QED) is 0.125. The van der Waals surface area contributed by atoms with E-state index in [0.29, 0.717) is 28.8 Å². The van der Waals surface area contributed by atoms with E-state index in [1.807, 2.05) is 65.0 Å². The maximum Gasteiger partial charge on any atom is 0.417 e. The fraction of sp³-hybridized carbons (Fsp3) is 0.146. The minimum Gasteiger partial charge on any atom is -0.478 e. The summed E-state index contributed by atoms with van der Waals surface area (Å²) < 4.78 is 54.2. The van der Waals surface area contributed by atoms with Crippen molar-refractivity contribution >= 4 is 45.5 Å². The second-order valence-electron chi connectivity index (χ2n) is 12.8. The maximum atomic E-state index is 12.6. The fourth-order valence-corrected chi connectivity index (χ4v) is 5.67. The first-order valence-electron chi connectivity index (χ1n) is 16.6. The van der Waals surface area contributed by atoms with Gasteiger partial charge in [-0.25, -0.2) is 14.4 Å². The first-order valence-corrected chi connectivity index (χ1v) is 16.6. The van der Waals surface area contributed by atoms with Crippen molar-refractivity contribution in [2.75, 3.05) is 0 Å². The van der Waals surface area contributed by atoms with Crippen LogP contribution in [-0.4, -0.2) is 43.4 Å². The second-order valence-corrected chi connectivity index (χ2v) is 12.8. The largest absolute Gasteiger partial charge is 0.478 e. The Morgan fingerprint density at radius 1 is 0.679 bits per heavy atom. The molecule has 7 rings (SSSR count). The monoisotopic (exact) mass is 769 g/mol. The van der Waals surface area contributed by atoms with Crippen molar-refractivity contribution in [3.63, 3.8) is 0 Å². The third kappa shape index (κ3) is 8.46. The number of aryl methyl sites for hydroxylation is 5. The number of alkyl halides is 3. The number of nitrogens with two attached hydrogens (primary N) is 1. The molecule has 56 heavy (non-hydrogen) atoms. The summed E-state index contributed by atoms with van der Waals surface area (Å²) in [5.74, 6) is -2.24. The van der Waals surface area contributed by atoms with E-state index in [9.17, 15) is 27.6 Å². The number of aromatic nitrogens is 2. The number of rotatable bonds is 6. The summed E-state index contributed by atoms with van der Waals surface area (Å²) in [6.45, 7) is 12.9. The molecule has 0 saturated heterocycles. The molecule has 4 aromatic carbocycles. The van der Waals surface area contributed by atoms with Crippen LogP contribution < -0.4 is 5.73 Å². The SMILES string of the molecule is C=C(N)c1ccc(C(=O)O)cc1C(F)(F)F.Cc1cc(C(=O)O)ccc1-c1noc(-c2cc3c(C)ccc(C)c3o2)n1.Cc1ccc(C)c2oc(C(=O)O)cc12. The zero-order valence-electron chi connectivity index (χ0n) is 30.5. The Bertz CT molecular complexity index is 2590. The summed E-state index contributed by atoms with van der Waals surface area (Å²) in [6.07, 6.45) is -4.66. The van der Waals surface area contributed by atoms with Crippen molar-refractivity contribution in [2.45, 2.75) is 40.8 Å². The summed E-state index contributed by atoms with van der Waals surface area (Å²) in [5, 5.41) is 32.3. The molecule has 12 nitrogen and oxygen atoms in total. The predicted molar refractivity (Wildman–Crippen MR) is 200 cm³/mol. The molecule has 5 N–H and O–H groups in total. The highest BCUT2D eigenvalue weighted by Crippen LogP contribution is 2.35.